The van der Waals surface area contributed by atoms with Crippen molar-refractivity contribution in [1.29, 1.82) is 0 Å². The minimum Gasteiger partial charge on any atom is -0.384 e. The van der Waals surface area contributed by atoms with Crippen LogP contribution in [-0.2, 0) is 0 Å². The van der Waals surface area contributed by atoms with E-state index < -0.39 is 5.41 Å². The van der Waals surface area contributed by atoms with Crippen LogP contribution in [0.1, 0.15) is 31.1 Å². The molecule has 1 aromatic heterocycles. The van der Waals surface area contributed by atoms with Crippen molar-refractivity contribution in [2.45, 2.75) is 20.8 Å². The van der Waals surface area contributed by atoms with Crippen LogP contribution in [0.4, 0.5) is 10.2 Å². The van der Waals surface area contributed by atoms with E-state index in [0.717, 1.165) is 16.5 Å². The molecule has 0 amide bonds. The molecule has 3 aromatic rings. The molecule has 0 saturated carbocycles. The normalized spacial score (nSPS) is 11.7. The molecule has 2 N–H and O–H groups in total. The van der Waals surface area contributed by atoms with Crippen molar-refractivity contribution in [1.82, 2.24) is 4.98 Å². The molecule has 0 aliphatic heterocycles. The third kappa shape index (κ3) is 2.87. The number of nitrogens with zero attached hydrogens (tertiary/aromatic N) is 1. The largest absolute Gasteiger partial charge is 0.384 e. The molecule has 3 rings (SSSR count). The molecule has 1 heterocycles. The zero-order valence-electron chi connectivity index (χ0n) is 13.9. The van der Waals surface area contributed by atoms with Gasteiger partial charge in [0, 0.05) is 16.4 Å². The number of Topliss-reactive ketones (excluding diaryl/α,β-unsaturated/α-hetero) is 1. The second-order valence-electron chi connectivity index (χ2n) is 6.88. The highest BCUT2D eigenvalue weighted by molar-refractivity contribution is 6.12. The van der Waals surface area contributed by atoms with E-state index in [9.17, 15) is 9.18 Å². The number of ketones is 1. The molecule has 0 aliphatic carbocycles. The van der Waals surface area contributed by atoms with E-state index in [0.29, 0.717) is 16.9 Å². The highest BCUT2D eigenvalue weighted by Gasteiger charge is 2.25. The predicted molar refractivity (Wildman–Crippen MR) is 95.3 cm³/mol. The highest BCUT2D eigenvalue weighted by Crippen LogP contribution is 2.33. The minimum atomic E-state index is -0.517. The summed E-state index contributed by atoms with van der Waals surface area (Å²) in [7, 11) is 0. The lowest BCUT2D eigenvalue weighted by Crippen LogP contribution is -2.20. The number of nitrogens with two attached hydrogens (primary N) is 1. The summed E-state index contributed by atoms with van der Waals surface area (Å²) in [4.78, 5) is 17.2. The quantitative estimate of drug-likeness (QED) is 0.686. The van der Waals surface area contributed by atoms with Crippen molar-refractivity contribution < 1.29 is 9.18 Å². The fourth-order valence-corrected chi connectivity index (χ4v) is 2.70. The van der Waals surface area contributed by atoms with Gasteiger partial charge in [0.25, 0.3) is 0 Å². The number of carbonyl (C=O) groups is 1. The van der Waals surface area contributed by atoms with E-state index in [-0.39, 0.29) is 11.6 Å². The van der Waals surface area contributed by atoms with Gasteiger partial charge in [0.05, 0.1) is 5.52 Å². The SMILES string of the molecule is CC(C)(C)C(=O)c1ccc(-c2ccc(F)cc2)c2ccc(N)nc12. The van der Waals surface area contributed by atoms with E-state index in [1.807, 2.05) is 32.9 Å². The van der Waals surface area contributed by atoms with Crippen LogP contribution >= 0.6 is 0 Å². The van der Waals surface area contributed by atoms with Crippen LogP contribution in [0.5, 0.6) is 0 Å². The lowest BCUT2D eigenvalue weighted by Gasteiger charge is -2.19. The summed E-state index contributed by atoms with van der Waals surface area (Å²) in [5.41, 5.74) is 8.21. The van der Waals surface area contributed by atoms with Crippen molar-refractivity contribution in [3.8, 4) is 11.1 Å². The number of halogens is 1. The fraction of sp³-hybridized carbons (Fsp3) is 0.200. The molecule has 0 unspecified atom stereocenters. The first-order chi connectivity index (χ1) is 11.3. The van der Waals surface area contributed by atoms with Gasteiger partial charge < -0.3 is 5.73 Å². The van der Waals surface area contributed by atoms with Crippen LogP contribution in [-0.4, -0.2) is 10.8 Å². The van der Waals surface area contributed by atoms with Gasteiger partial charge in [-0.25, -0.2) is 9.37 Å². The summed E-state index contributed by atoms with van der Waals surface area (Å²) in [6.45, 7) is 5.63. The molecule has 0 aliphatic rings. The number of fused-ring (bicyclic) bond motifs is 1. The highest BCUT2D eigenvalue weighted by atomic mass is 19.1. The Morgan fingerprint density at radius 1 is 1.00 bits per heavy atom. The summed E-state index contributed by atoms with van der Waals surface area (Å²) >= 11 is 0. The first kappa shape index (κ1) is 16.1. The summed E-state index contributed by atoms with van der Waals surface area (Å²) in [6.07, 6.45) is 0. The van der Waals surface area contributed by atoms with Crippen molar-refractivity contribution >= 4 is 22.5 Å². The van der Waals surface area contributed by atoms with E-state index in [1.54, 1.807) is 24.3 Å². The third-order valence-electron chi connectivity index (χ3n) is 3.96. The van der Waals surface area contributed by atoms with E-state index in [4.69, 9.17) is 5.73 Å². The average Bonchev–Trinajstić information content (AvgIpc) is 2.53. The smallest absolute Gasteiger partial charge is 0.170 e. The van der Waals surface area contributed by atoms with Crippen LogP contribution in [0, 0.1) is 11.2 Å². The number of aromatic nitrogens is 1. The minimum absolute atomic E-state index is 0.0104. The molecule has 0 atom stereocenters. The number of hydrogen-bond acceptors (Lipinski definition) is 3. The topological polar surface area (TPSA) is 56.0 Å². The summed E-state index contributed by atoms with van der Waals surface area (Å²) < 4.78 is 13.2. The summed E-state index contributed by atoms with van der Waals surface area (Å²) in [6, 6.07) is 13.5. The lowest BCUT2D eigenvalue weighted by atomic mass is 9.84. The molecular formula is C20H19FN2O. The van der Waals surface area contributed by atoms with Crippen LogP contribution in [0.2, 0.25) is 0 Å². The number of rotatable bonds is 2. The maximum atomic E-state index is 13.2. The molecule has 0 radical (unpaired) electrons. The molecule has 4 heteroatoms. The molecular weight excluding hydrogens is 303 g/mol. The predicted octanol–water partition coefficient (Wildman–Crippen LogP) is 4.85. The first-order valence-electron chi connectivity index (χ1n) is 7.77. The van der Waals surface area contributed by atoms with Gasteiger partial charge in [-0.1, -0.05) is 39.0 Å². The zero-order chi connectivity index (χ0) is 17.5. The Balaban J connectivity index is 2.28. The molecule has 2 aromatic carbocycles. The van der Waals surface area contributed by atoms with Gasteiger partial charge in [-0.05, 0) is 41.5 Å². The maximum absolute atomic E-state index is 13.2. The number of pyridine rings is 1. The van der Waals surface area contributed by atoms with Gasteiger partial charge in [-0.15, -0.1) is 0 Å². The van der Waals surface area contributed by atoms with E-state index in [1.165, 1.54) is 12.1 Å². The Hall–Kier alpha value is -2.75. The maximum Gasteiger partial charge on any atom is 0.170 e. The number of anilines is 1. The van der Waals surface area contributed by atoms with Gasteiger partial charge in [0.15, 0.2) is 5.78 Å². The Bertz CT molecular complexity index is 925. The number of hydrogen-bond donors (Lipinski definition) is 1. The van der Waals surface area contributed by atoms with Crippen molar-refractivity contribution in [3.63, 3.8) is 0 Å². The standard InChI is InChI=1S/C20H19FN2O/c1-20(2,3)19(24)16-9-8-14(12-4-6-13(21)7-5-12)15-10-11-17(22)23-18(15)16/h4-11H,1-3H3,(H2,22,23). The molecule has 0 saturated heterocycles. The second-order valence-corrected chi connectivity index (χ2v) is 6.88. The van der Waals surface area contributed by atoms with Crippen LogP contribution in [0.15, 0.2) is 48.5 Å². The number of nitrogen functional groups attached to an aromatic ring is 1. The van der Waals surface area contributed by atoms with Crippen LogP contribution in [0.3, 0.4) is 0 Å². The monoisotopic (exact) mass is 322 g/mol. The molecule has 24 heavy (non-hydrogen) atoms. The van der Waals surface area contributed by atoms with Crippen LogP contribution in [0.25, 0.3) is 22.0 Å². The molecule has 0 bridgehead atoms. The Labute approximate surface area is 140 Å². The Morgan fingerprint density at radius 2 is 1.67 bits per heavy atom. The summed E-state index contributed by atoms with van der Waals surface area (Å²) in [5.74, 6) is 0.0860. The second kappa shape index (κ2) is 5.71. The average molecular weight is 322 g/mol. The summed E-state index contributed by atoms with van der Waals surface area (Å²) in [5, 5.41) is 0.825. The van der Waals surface area contributed by atoms with Gasteiger partial charge in [0.1, 0.15) is 11.6 Å². The Kier molecular flexibility index (Phi) is 3.84. The molecule has 0 spiro atoms. The van der Waals surface area contributed by atoms with Gasteiger partial charge in [-0.3, -0.25) is 4.79 Å². The molecule has 3 nitrogen and oxygen atoms in total. The van der Waals surface area contributed by atoms with Gasteiger partial charge in [-0.2, -0.15) is 0 Å². The van der Waals surface area contributed by atoms with Crippen LogP contribution < -0.4 is 5.73 Å². The Morgan fingerprint density at radius 3 is 2.29 bits per heavy atom. The van der Waals surface area contributed by atoms with Gasteiger partial charge >= 0.3 is 0 Å². The van der Waals surface area contributed by atoms with Crippen molar-refractivity contribution in [3.05, 3.63) is 59.9 Å². The van der Waals surface area contributed by atoms with E-state index in [2.05, 4.69) is 4.98 Å². The van der Waals surface area contributed by atoms with Crippen molar-refractivity contribution in [2.75, 3.05) is 5.73 Å². The first-order valence-corrected chi connectivity index (χ1v) is 7.77. The van der Waals surface area contributed by atoms with Crippen molar-refractivity contribution in [2.24, 2.45) is 5.41 Å². The van der Waals surface area contributed by atoms with Gasteiger partial charge in [0.2, 0.25) is 0 Å². The number of carbonyl (C=O) groups excluding carboxylic acids is 1. The molecule has 122 valence electrons. The molecule has 0 fully saturated rings. The third-order valence-corrected chi connectivity index (χ3v) is 3.96. The lowest BCUT2D eigenvalue weighted by molar-refractivity contribution is 0.0860. The number of benzene rings is 2. The fourth-order valence-electron chi connectivity index (χ4n) is 2.70. The zero-order valence-corrected chi connectivity index (χ0v) is 13.9. The van der Waals surface area contributed by atoms with E-state index >= 15 is 0 Å².